The fourth-order valence-electron chi connectivity index (χ4n) is 1.80. The summed E-state index contributed by atoms with van der Waals surface area (Å²) in [4.78, 5) is 7.33. The van der Waals surface area contributed by atoms with Crippen molar-refractivity contribution in [3.8, 4) is 0 Å². The van der Waals surface area contributed by atoms with E-state index in [1.165, 1.54) is 0 Å². The number of hydrogen-bond acceptors (Lipinski definition) is 3. The third-order valence-electron chi connectivity index (χ3n) is 2.67. The molecule has 0 saturated heterocycles. The summed E-state index contributed by atoms with van der Waals surface area (Å²) in [5, 5.41) is 5.33. The van der Waals surface area contributed by atoms with Gasteiger partial charge in [0, 0.05) is 28.9 Å². The number of aromatic nitrogens is 2. The molecular weight excluding hydrogens is 224 g/mol. The van der Waals surface area contributed by atoms with Crippen molar-refractivity contribution in [2.45, 2.75) is 0 Å². The summed E-state index contributed by atoms with van der Waals surface area (Å²) in [5.74, 6) is 0.730. The molecule has 3 rings (SSSR count). The standard InChI is InChI=1S/C14H12N4/c1-2-6-13-12(5-1)11(9-16-13)10-17-18-14-7-3-4-8-15-14/h1-10,16H,(H,15,18)/b17-10-. The number of nitrogens with one attached hydrogen (secondary N) is 2. The molecule has 3 aromatic rings. The van der Waals surface area contributed by atoms with Crippen LogP contribution in [0.5, 0.6) is 0 Å². The van der Waals surface area contributed by atoms with Crippen LogP contribution in [-0.2, 0) is 0 Å². The number of aromatic amines is 1. The number of benzene rings is 1. The van der Waals surface area contributed by atoms with Crippen LogP contribution >= 0.6 is 0 Å². The maximum atomic E-state index is 4.18. The van der Waals surface area contributed by atoms with Crippen molar-refractivity contribution < 1.29 is 0 Å². The van der Waals surface area contributed by atoms with Crippen molar-refractivity contribution >= 4 is 22.9 Å². The summed E-state index contributed by atoms with van der Waals surface area (Å²) >= 11 is 0. The largest absolute Gasteiger partial charge is 0.361 e. The van der Waals surface area contributed by atoms with Gasteiger partial charge in [-0.3, -0.25) is 5.43 Å². The molecule has 4 heteroatoms. The Morgan fingerprint density at radius 1 is 1.11 bits per heavy atom. The van der Waals surface area contributed by atoms with Crippen LogP contribution in [0.15, 0.2) is 60.0 Å². The Kier molecular flexibility index (Phi) is 2.75. The molecule has 0 fully saturated rings. The second-order valence-corrected chi connectivity index (χ2v) is 3.87. The van der Waals surface area contributed by atoms with E-state index in [1.807, 2.05) is 42.6 Å². The molecule has 0 aliphatic rings. The van der Waals surface area contributed by atoms with Gasteiger partial charge < -0.3 is 4.98 Å². The Morgan fingerprint density at radius 2 is 2.00 bits per heavy atom. The third-order valence-corrected chi connectivity index (χ3v) is 2.67. The van der Waals surface area contributed by atoms with Gasteiger partial charge in [-0.15, -0.1) is 0 Å². The molecule has 1 aromatic carbocycles. The lowest BCUT2D eigenvalue weighted by molar-refractivity contribution is 1.23. The van der Waals surface area contributed by atoms with Gasteiger partial charge in [0.15, 0.2) is 0 Å². The topological polar surface area (TPSA) is 53.1 Å². The highest BCUT2D eigenvalue weighted by molar-refractivity contribution is 5.99. The lowest BCUT2D eigenvalue weighted by Crippen LogP contribution is -1.91. The van der Waals surface area contributed by atoms with Crippen LogP contribution < -0.4 is 5.43 Å². The number of para-hydroxylation sites is 1. The number of H-pyrrole nitrogens is 1. The van der Waals surface area contributed by atoms with Gasteiger partial charge in [0.2, 0.25) is 0 Å². The van der Waals surface area contributed by atoms with E-state index in [2.05, 4.69) is 26.6 Å². The Hall–Kier alpha value is -2.62. The molecule has 0 aliphatic carbocycles. The quantitative estimate of drug-likeness (QED) is 0.542. The minimum atomic E-state index is 0.730. The van der Waals surface area contributed by atoms with Crippen LogP contribution in [0.25, 0.3) is 10.9 Å². The predicted octanol–water partition coefficient (Wildman–Crippen LogP) is 3.01. The first kappa shape index (κ1) is 10.5. The SMILES string of the molecule is C(=N/Nc1ccccn1)/c1c[nH]c2ccccc12. The zero-order valence-corrected chi connectivity index (χ0v) is 9.67. The van der Waals surface area contributed by atoms with Crippen LogP contribution in [0.4, 0.5) is 5.82 Å². The molecule has 2 heterocycles. The van der Waals surface area contributed by atoms with E-state index in [0.29, 0.717) is 0 Å². The number of hydrogen-bond donors (Lipinski definition) is 2. The molecule has 0 spiro atoms. The van der Waals surface area contributed by atoms with Crippen molar-refractivity contribution in [3.63, 3.8) is 0 Å². The van der Waals surface area contributed by atoms with Gasteiger partial charge in [0.05, 0.1) is 6.21 Å². The normalized spacial score (nSPS) is 11.1. The van der Waals surface area contributed by atoms with Crippen molar-refractivity contribution in [3.05, 3.63) is 60.4 Å². The highest BCUT2D eigenvalue weighted by atomic mass is 15.3. The number of fused-ring (bicyclic) bond motifs is 1. The summed E-state index contributed by atoms with van der Waals surface area (Å²) in [6.07, 6.45) is 5.45. The lowest BCUT2D eigenvalue weighted by Gasteiger charge is -1.96. The van der Waals surface area contributed by atoms with E-state index < -0.39 is 0 Å². The average molecular weight is 236 g/mol. The molecule has 0 radical (unpaired) electrons. The zero-order valence-electron chi connectivity index (χ0n) is 9.67. The summed E-state index contributed by atoms with van der Waals surface area (Å²) in [5.41, 5.74) is 5.05. The summed E-state index contributed by atoms with van der Waals surface area (Å²) in [6, 6.07) is 13.8. The van der Waals surface area contributed by atoms with E-state index in [-0.39, 0.29) is 0 Å². The Bertz CT molecular complexity index is 670. The van der Waals surface area contributed by atoms with E-state index in [4.69, 9.17) is 0 Å². The molecule has 18 heavy (non-hydrogen) atoms. The molecule has 2 N–H and O–H groups in total. The summed E-state index contributed by atoms with van der Waals surface area (Å²) in [7, 11) is 0. The number of pyridine rings is 1. The first-order chi connectivity index (χ1) is 8.93. The maximum absolute atomic E-state index is 4.18. The van der Waals surface area contributed by atoms with Gasteiger partial charge in [0.25, 0.3) is 0 Å². The van der Waals surface area contributed by atoms with Gasteiger partial charge in [-0.2, -0.15) is 5.10 Å². The molecule has 0 atom stereocenters. The van der Waals surface area contributed by atoms with E-state index >= 15 is 0 Å². The molecule has 4 nitrogen and oxygen atoms in total. The number of anilines is 1. The van der Waals surface area contributed by atoms with Crippen LogP contribution in [0.3, 0.4) is 0 Å². The molecule has 0 amide bonds. The van der Waals surface area contributed by atoms with Crippen molar-refractivity contribution in [1.82, 2.24) is 9.97 Å². The number of hydrazone groups is 1. The Balaban J connectivity index is 1.80. The van der Waals surface area contributed by atoms with Crippen molar-refractivity contribution in [2.75, 3.05) is 5.43 Å². The summed E-state index contributed by atoms with van der Waals surface area (Å²) < 4.78 is 0. The smallest absolute Gasteiger partial charge is 0.146 e. The second-order valence-electron chi connectivity index (χ2n) is 3.87. The van der Waals surface area contributed by atoms with Crippen LogP contribution in [0, 0.1) is 0 Å². The number of rotatable bonds is 3. The predicted molar refractivity (Wildman–Crippen MR) is 73.8 cm³/mol. The van der Waals surface area contributed by atoms with Crippen molar-refractivity contribution in [1.29, 1.82) is 0 Å². The first-order valence-electron chi connectivity index (χ1n) is 5.70. The highest BCUT2D eigenvalue weighted by Crippen LogP contribution is 2.15. The van der Waals surface area contributed by atoms with Gasteiger partial charge in [-0.1, -0.05) is 24.3 Å². The average Bonchev–Trinajstić information content (AvgIpc) is 2.84. The molecule has 0 unspecified atom stereocenters. The van der Waals surface area contributed by atoms with Gasteiger partial charge >= 0.3 is 0 Å². The van der Waals surface area contributed by atoms with E-state index in [0.717, 1.165) is 22.3 Å². The fourth-order valence-corrected chi connectivity index (χ4v) is 1.80. The lowest BCUT2D eigenvalue weighted by atomic mass is 10.2. The first-order valence-corrected chi connectivity index (χ1v) is 5.70. The Morgan fingerprint density at radius 3 is 2.89 bits per heavy atom. The second kappa shape index (κ2) is 4.71. The summed E-state index contributed by atoms with van der Waals surface area (Å²) in [6.45, 7) is 0. The molecule has 2 aromatic heterocycles. The molecule has 0 saturated carbocycles. The minimum absolute atomic E-state index is 0.730. The zero-order chi connectivity index (χ0) is 12.2. The monoisotopic (exact) mass is 236 g/mol. The molecular formula is C14H12N4. The Labute approximate surface area is 104 Å². The van der Waals surface area contributed by atoms with Gasteiger partial charge in [-0.25, -0.2) is 4.98 Å². The molecule has 88 valence electrons. The molecule has 0 bridgehead atoms. The maximum Gasteiger partial charge on any atom is 0.146 e. The van der Waals surface area contributed by atoms with Crippen molar-refractivity contribution in [2.24, 2.45) is 5.10 Å². The van der Waals surface area contributed by atoms with Gasteiger partial charge in [0.1, 0.15) is 5.82 Å². The van der Waals surface area contributed by atoms with Crippen LogP contribution in [0.2, 0.25) is 0 Å². The molecule has 0 aliphatic heterocycles. The minimum Gasteiger partial charge on any atom is -0.361 e. The van der Waals surface area contributed by atoms with E-state index in [1.54, 1.807) is 12.4 Å². The van der Waals surface area contributed by atoms with Crippen LogP contribution in [0.1, 0.15) is 5.56 Å². The third kappa shape index (κ3) is 2.08. The number of nitrogens with zero attached hydrogens (tertiary/aromatic N) is 2. The van der Waals surface area contributed by atoms with Crippen LogP contribution in [-0.4, -0.2) is 16.2 Å². The highest BCUT2D eigenvalue weighted by Gasteiger charge is 1.99. The fraction of sp³-hybridized carbons (Fsp3) is 0. The van der Waals surface area contributed by atoms with E-state index in [9.17, 15) is 0 Å². The van der Waals surface area contributed by atoms with Gasteiger partial charge in [-0.05, 0) is 18.2 Å².